The van der Waals surface area contributed by atoms with Gasteiger partial charge in [0.05, 0.1) is 6.61 Å². The van der Waals surface area contributed by atoms with Crippen LogP contribution in [0, 0.1) is 17.8 Å². The Labute approximate surface area is 84.6 Å². The normalized spacial score (nSPS) is 34.2. The number of hydrogen-bond donors (Lipinski definition) is 0. The zero-order valence-corrected chi connectivity index (χ0v) is 8.48. The number of ether oxygens (including phenoxy) is 1. The highest BCUT2D eigenvalue weighted by Crippen LogP contribution is 2.43. The molecule has 0 saturated heterocycles. The summed E-state index contributed by atoms with van der Waals surface area (Å²) in [6.07, 6.45) is 10.7. The van der Waals surface area contributed by atoms with Crippen molar-refractivity contribution in [2.45, 2.75) is 19.8 Å². The molecule has 1 fully saturated rings. The van der Waals surface area contributed by atoms with Crippen molar-refractivity contribution in [2.75, 3.05) is 6.61 Å². The summed E-state index contributed by atoms with van der Waals surface area (Å²) < 4.78 is 4.84. The lowest BCUT2D eigenvalue weighted by molar-refractivity contribution is -0.137. The third kappa shape index (κ3) is 1.89. The van der Waals surface area contributed by atoms with E-state index >= 15 is 0 Å². The Morgan fingerprint density at radius 3 is 2.93 bits per heavy atom. The minimum Gasteiger partial charge on any atom is -0.463 e. The summed E-state index contributed by atoms with van der Waals surface area (Å²) in [6.45, 7) is 2.28. The van der Waals surface area contributed by atoms with E-state index < -0.39 is 0 Å². The maximum atomic E-state index is 11.1. The van der Waals surface area contributed by atoms with Gasteiger partial charge in [0.15, 0.2) is 0 Å². The molecule has 2 heteroatoms. The van der Waals surface area contributed by atoms with Crippen molar-refractivity contribution in [3.05, 3.63) is 24.3 Å². The van der Waals surface area contributed by atoms with E-state index in [9.17, 15) is 4.79 Å². The molecular weight excluding hydrogens is 176 g/mol. The van der Waals surface area contributed by atoms with Gasteiger partial charge in [0.2, 0.25) is 0 Å². The van der Waals surface area contributed by atoms with Crippen molar-refractivity contribution >= 4 is 5.97 Å². The molecule has 3 atom stereocenters. The van der Waals surface area contributed by atoms with Crippen molar-refractivity contribution < 1.29 is 9.53 Å². The largest absolute Gasteiger partial charge is 0.463 e. The maximum Gasteiger partial charge on any atom is 0.330 e. The van der Waals surface area contributed by atoms with Gasteiger partial charge in [0, 0.05) is 6.08 Å². The minimum absolute atomic E-state index is 0.209. The zero-order chi connectivity index (χ0) is 9.97. The van der Waals surface area contributed by atoms with Crippen LogP contribution in [0.15, 0.2) is 24.3 Å². The average Bonchev–Trinajstić information content (AvgIpc) is 2.76. The fraction of sp³-hybridized carbons (Fsp3) is 0.583. The smallest absolute Gasteiger partial charge is 0.330 e. The van der Waals surface area contributed by atoms with Crippen molar-refractivity contribution in [3.8, 4) is 0 Å². The Bertz CT molecular complexity index is 278. The standard InChI is InChI=1S/C12H16O2/c1-2-14-12(13)6-5-11-8-9-3-4-10(11)7-9/h3-6,9-11H,2,7-8H2,1H3/b6-5+. The molecule has 3 unspecified atom stereocenters. The summed E-state index contributed by atoms with van der Waals surface area (Å²) in [5.74, 6) is 1.79. The number of rotatable bonds is 3. The molecule has 14 heavy (non-hydrogen) atoms. The Morgan fingerprint density at radius 2 is 2.36 bits per heavy atom. The van der Waals surface area contributed by atoms with Gasteiger partial charge >= 0.3 is 5.97 Å². The van der Waals surface area contributed by atoms with Gasteiger partial charge in [0.1, 0.15) is 0 Å². The van der Waals surface area contributed by atoms with Gasteiger partial charge in [-0.1, -0.05) is 18.2 Å². The lowest BCUT2D eigenvalue weighted by Crippen LogP contribution is -2.05. The molecular formula is C12H16O2. The highest BCUT2D eigenvalue weighted by molar-refractivity contribution is 5.81. The predicted molar refractivity (Wildman–Crippen MR) is 54.6 cm³/mol. The molecule has 0 aliphatic heterocycles. The van der Waals surface area contributed by atoms with Crippen LogP contribution in [0.4, 0.5) is 0 Å². The quantitative estimate of drug-likeness (QED) is 0.389. The second-order valence-corrected chi connectivity index (χ2v) is 4.06. The second-order valence-electron chi connectivity index (χ2n) is 4.06. The summed E-state index contributed by atoms with van der Waals surface area (Å²) in [4.78, 5) is 11.1. The molecule has 0 aromatic heterocycles. The summed E-state index contributed by atoms with van der Waals surface area (Å²) in [7, 11) is 0. The SMILES string of the molecule is CCOC(=O)/C=C/C1CC2C=CC1C2. The van der Waals surface area contributed by atoms with Gasteiger partial charge in [-0.25, -0.2) is 4.79 Å². The lowest BCUT2D eigenvalue weighted by Gasteiger charge is -2.12. The van der Waals surface area contributed by atoms with Gasteiger partial charge in [0.25, 0.3) is 0 Å². The van der Waals surface area contributed by atoms with Crippen molar-refractivity contribution in [1.29, 1.82) is 0 Å². The number of carbonyl (C=O) groups is 1. The molecule has 0 heterocycles. The average molecular weight is 192 g/mol. The van der Waals surface area contributed by atoms with Crippen LogP contribution in [0.25, 0.3) is 0 Å². The second kappa shape index (κ2) is 3.99. The third-order valence-electron chi connectivity index (χ3n) is 3.10. The van der Waals surface area contributed by atoms with E-state index in [4.69, 9.17) is 4.74 Å². The summed E-state index contributed by atoms with van der Waals surface area (Å²) in [5.41, 5.74) is 0. The van der Waals surface area contributed by atoms with Crippen LogP contribution < -0.4 is 0 Å². The molecule has 2 aliphatic rings. The number of carbonyl (C=O) groups excluding carboxylic acids is 1. The van der Waals surface area contributed by atoms with E-state index in [2.05, 4.69) is 12.2 Å². The summed E-state index contributed by atoms with van der Waals surface area (Å²) in [5, 5.41) is 0. The Kier molecular flexibility index (Phi) is 2.71. The van der Waals surface area contributed by atoms with E-state index in [0.717, 1.165) is 5.92 Å². The Hall–Kier alpha value is -1.05. The monoisotopic (exact) mass is 192 g/mol. The zero-order valence-electron chi connectivity index (χ0n) is 8.48. The molecule has 2 rings (SSSR count). The topological polar surface area (TPSA) is 26.3 Å². The number of hydrogen-bond acceptors (Lipinski definition) is 2. The first-order chi connectivity index (χ1) is 6.79. The molecule has 2 nitrogen and oxygen atoms in total. The first-order valence-electron chi connectivity index (χ1n) is 5.33. The molecule has 0 radical (unpaired) electrons. The van der Waals surface area contributed by atoms with Crippen LogP contribution in [0.2, 0.25) is 0 Å². The number of allylic oxidation sites excluding steroid dienone is 3. The third-order valence-corrected chi connectivity index (χ3v) is 3.10. The Morgan fingerprint density at radius 1 is 1.50 bits per heavy atom. The molecule has 0 aromatic rings. The molecule has 0 amide bonds. The van der Waals surface area contributed by atoms with Crippen LogP contribution in [-0.4, -0.2) is 12.6 Å². The van der Waals surface area contributed by atoms with E-state index in [1.165, 1.54) is 12.8 Å². The number of fused-ring (bicyclic) bond motifs is 2. The van der Waals surface area contributed by atoms with E-state index in [-0.39, 0.29) is 5.97 Å². The van der Waals surface area contributed by atoms with Gasteiger partial charge in [-0.2, -0.15) is 0 Å². The molecule has 2 aliphatic carbocycles. The maximum absolute atomic E-state index is 11.1. The summed E-state index contributed by atoms with van der Waals surface area (Å²) >= 11 is 0. The fourth-order valence-electron chi connectivity index (χ4n) is 2.44. The van der Waals surface area contributed by atoms with Crippen molar-refractivity contribution in [2.24, 2.45) is 17.8 Å². The van der Waals surface area contributed by atoms with E-state index in [1.807, 2.05) is 13.0 Å². The van der Waals surface area contributed by atoms with Crippen LogP contribution in [0.1, 0.15) is 19.8 Å². The predicted octanol–water partition coefficient (Wildman–Crippen LogP) is 2.32. The van der Waals surface area contributed by atoms with E-state index in [0.29, 0.717) is 18.4 Å². The van der Waals surface area contributed by atoms with Crippen LogP contribution in [0.3, 0.4) is 0 Å². The highest BCUT2D eigenvalue weighted by atomic mass is 16.5. The minimum atomic E-state index is -0.209. The molecule has 2 bridgehead atoms. The highest BCUT2D eigenvalue weighted by Gasteiger charge is 2.33. The van der Waals surface area contributed by atoms with Crippen molar-refractivity contribution in [3.63, 3.8) is 0 Å². The Balaban J connectivity index is 1.86. The number of esters is 1. The molecule has 0 spiro atoms. The van der Waals surface area contributed by atoms with Gasteiger partial charge in [-0.05, 0) is 37.5 Å². The van der Waals surface area contributed by atoms with Crippen LogP contribution in [0.5, 0.6) is 0 Å². The molecule has 0 N–H and O–H groups in total. The lowest BCUT2D eigenvalue weighted by atomic mass is 9.93. The molecule has 0 aromatic carbocycles. The first-order valence-corrected chi connectivity index (χ1v) is 5.33. The van der Waals surface area contributed by atoms with Gasteiger partial charge < -0.3 is 4.74 Å². The fourth-order valence-corrected chi connectivity index (χ4v) is 2.44. The van der Waals surface area contributed by atoms with Crippen LogP contribution >= 0.6 is 0 Å². The van der Waals surface area contributed by atoms with Gasteiger partial charge in [-0.3, -0.25) is 0 Å². The summed E-state index contributed by atoms with van der Waals surface area (Å²) in [6, 6.07) is 0. The molecule has 1 saturated carbocycles. The molecule has 76 valence electrons. The van der Waals surface area contributed by atoms with E-state index in [1.54, 1.807) is 6.08 Å². The van der Waals surface area contributed by atoms with Gasteiger partial charge in [-0.15, -0.1) is 0 Å². The first kappa shape index (κ1) is 9.50. The van der Waals surface area contributed by atoms with Crippen molar-refractivity contribution in [1.82, 2.24) is 0 Å². The van der Waals surface area contributed by atoms with Crippen LogP contribution in [-0.2, 0) is 9.53 Å².